The summed E-state index contributed by atoms with van der Waals surface area (Å²) in [6.07, 6.45) is 0.790. The lowest BCUT2D eigenvalue weighted by Crippen LogP contribution is -2.73. The van der Waals surface area contributed by atoms with E-state index in [4.69, 9.17) is 9.47 Å². The van der Waals surface area contributed by atoms with E-state index in [0.29, 0.717) is 4.48 Å². The van der Waals surface area contributed by atoms with Crippen LogP contribution < -0.4 is 4.74 Å². The van der Waals surface area contributed by atoms with E-state index in [9.17, 15) is 4.79 Å². The van der Waals surface area contributed by atoms with E-state index >= 15 is 0 Å². The van der Waals surface area contributed by atoms with Crippen molar-refractivity contribution in [3.63, 3.8) is 0 Å². The molecule has 3 rings (SSSR count). The summed E-state index contributed by atoms with van der Waals surface area (Å²) in [6.45, 7) is 7.47. The van der Waals surface area contributed by atoms with E-state index in [1.165, 1.54) is 5.56 Å². The third-order valence-electron chi connectivity index (χ3n) is 5.57. The minimum absolute atomic E-state index is 0.136. The monoisotopic (exact) mass is 368 g/mol. The molecule has 0 aromatic heterocycles. The second kappa shape index (κ2) is 7.01. The summed E-state index contributed by atoms with van der Waals surface area (Å²) in [5, 5.41) is 0. The molecule has 0 spiro atoms. The van der Waals surface area contributed by atoms with Crippen LogP contribution in [0.2, 0.25) is 0 Å². The zero-order valence-corrected chi connectivity index (χ0v) is 17.0. The topological polar surface area (TPSA) is 35.5 Å². The maximum atomic E-state index is 13.4. The van der Waals surface area contributed by atoms with E-state index in [2.05, 4.69) is 19.2 Å². The van der Waals surface area contributed by atoms with Gasteiger partial charge in [0.15, 0.2) is 0 Å². The third-order valence-corrected chi connectivity index (χ3v) is 5.57. The molecule has 0 amide bonds. The van der Waals surface area contributed by atoms with Crippen LogP contribution >= 0.6 is 0 Å². The molecular weight excluding hydrogens is 338 g/mol. The fourth-order valence-corrected chi connectivity index (χ4v) is 4.04. The number of carbonyl (C=O) groups excluding carboxylic acids is 1. The fraction of sp³-hybridized carbons (Fsp3) is 0.435. The smallest absolute Gasteiger partial charge is 0.373 e. The number of quaternary nitrogens is 1. The van der Waals surface area contributed by atoms with Crippen LogP contribution in [0.5, 0.6) is 5.75 Å². The lowest BCUT2D eigenvalue weighted by molar-refractivity contribution is -1.01. The summed E-state index contributed by atoms with van der Waals surface area (Å²) in [5.41, 5.74) is 1.02. The Hall–Kier alpha value is -2.33. The van der Waals surface area contributed by atoms with Crippen LogP contribution in [0.25, 0.3) is 0 Å². The molecule has 0 radical (unpaired) electrons. The highest BCUT2D eigenvalue weighted by Gasteiger charge is 2.65. The fourth-order valence-electron chi connectivity index (χ4n) is 4.04. The van der Waals surface area contributed by atoms with E-state index < -0.39 is 11.1 Å². The van der Waals surface area contributed by atoms with Gasteiger partial charge in [0.1, 0.15) is 17.9 Å². The number of esters is 1. The second-order valence-corrected chi connectivity index (χ2v) is 8.60. The van der Waals surface area contributed by atoms with Gasteiger partial charge in [-0.05, 0) is 45.0 Å². The Kier molecular flexibility index (Phi) is 5.04. The van der Waals surface area contributed by atoms with Crippen LogP contribution in [0.3, 0.4) is 0 Å². The number of rotatable bonds is 5. The minimum Gasteiger partial charge on any atom is -0.497 e. The molecule has 2 unspecified atom stereocenters. The molecule has 0 bridgehead atoms. The Morgan fingerprint density at radius 3 is 2.19 bits per heavy atom. The molecule has 1 aliphatic rings. The molecule has 4 heteroatoms. The molecule has 1 aliphatic heterocycles. The molecule has 4 nitrogen and oxygen atoms in total. The van der Waals surface area contributed by atoms with Crippen molar-refractivity contribution in [2.45, 2.75) is 44.9 Å². The van der Waals surface area contributed by atoms with Crippen LogP contribution in [0.1, 0.15) is 38.3 Å². The van der Waals surface area contributed by atoms with Crippen molar-refractivity contribution in [3.05, 3.63) is 65.7 Å². The third kappa shape index (κ3) is 3.59. The summed E-state index contributed by atoms with van der Waals surface area (Å²) < 4.78 is 11.8. The molecule has 0 N–H and O–H groups in total. The first-order chi connectivity index (χ1) is 12.7. The molecular formula is C23H30NO3+. The summed E-state index contributed by atoms with van der Waals surface area (Å²) in [6, 6.07) is 18.2. The van der Waals surface area contributed by atoms with Gasteiger partial charge in [0.2, 0.25) is 5.54 Å². The first-order valence-electron chi connectivity index (χ1n) is 9.47. The molecule has 27 heavy (non-hydrogen) atoms. The number of carbonyl (C=O) groups is 1. The van der Waals surface area contributed by atoms with Gasteiger partial charge in [0.25, 0.3) is 0 Å². The van der Waals surface area contributed by atoms with Crippen molar-refractivity contribution in [1.29, 1.82) is 0 Å². The molecule has 2 atom stereocenters. The number of hydrogen-bond acceptors (Lipinski definition) is 3. The Balaban J connectivity index is 1.98. The van der Waals surface area contributed by atoms with Gasteiger partial charge in [-0.15, -0.1) is 0 Å². The lowest BCUT2D eigenvalue weighted by atomic mass is 9.74. The van der Waals surface area contributed by atoms with Crippen molar-refractivity contribution in [2.75, 3.05) is 20.7 Å². The number of methoxy groups -OCH3 is 1. The minimum atomic E-state index is -0.672. The summed E-state index contributed by atoms with van der Waals surface area (Å²) in [4.78, 5) is 13.4. The van der Waals surface area contributed by atoms with Crippen LogP contribution in [-0.2, 0) is 21.6 Å². The van der Waals surface area contributed by atoms with Crippen molar-refractivity contribution >= 4 is 5.97 Å². The van der Waals surface area contributed by atoms with Crippen LogP contribution in [0.15, 0.2) is 54.6 Å². The van der Waals surface area contributed by atoms with Gasteiger partial charge < -0.3 is 14.0 Å². The molecule has 2 aromatic carbocycles. The average Bonchev–Trinajstić information content (AvgIpc) is 2.61. The number of benzene rings is 2. The number of hydrogen-bond donors (Lipinski definition) is 0. The van der Waals surface area contributed by atoms with Crippen molar-refractivity contribution in [2.24, 2.45) is 0 Å². The van der Waals surface area contributed by atoms with Gasteiger partial charge in [0, 0.05) is 11.1 Å². The van der Waals surface area contributed by atoms with E-state index in [1.807, 2.05) is 63.2 Å². The maximum absolute atomic E-state index is 13.4. The van der Waals surface area contributed by atoms with E-state index in [0.717, 1.165) is 30.8 Å². The predicted octanol–water partition coefficient (Wildman–Crippen LogP) is 4.28. The second-order valence-electron chi connectivity index (χ2n) is 8.60. The predicted molar refractivity (Wildman–Crippen MR) is 106 cm³/mol. The standard InChI is InChI=1S/C23H30NO3/c1-22(2,3)27-21(25)23(19-9-7-6-8-10-19)15-16-24(23,4)17-18-11-13-20(26-5)14-12-18/h6-14H,15-17H2,1-5H3/q+1. The van der Waals surface area contributed by atoms with E-state index in [1.54, 1.807) is 7.11 Å². The van der Waals surface area contributed by atoms with Gasteiger partial charge >= 0.3 is 5.97 Å². The molecule has 144 valence electrons. The molecule has 0 saturated carbocycles. The molecule has 1 heterocycles. The van der Waals surface area contributed by atoms with Gasteiger partial charge in [-0.2, -0.15) is 0 Å². The van der Waals surface area contributed by atoms with Gasteiger partial charge in [0.05, 0.1) is 27.1 Å². The number of ether oxygens (including phenoxy) is 2. The highest BCUT2D eigenvalue weighted by Crippen LogP contribution is 2.49. The Labute approximate surface area is 162 Å². The average molecular weight is 368 g/mol. The first-order valence-corrected chi connectivity index (χ1v) is 9.47. The quantitative estimate of drug-likeness (QED) is 0.584. The molecule has 1 fully saturated rings. The highest BCUT2D eigenvalue weighted by molar-refractivity contribution is 5.82. The summed E-state index contributed by atoms with van der Waals surface area (Å²) in [5.74, 6) is 0.704. The van der Waals surface area contributed by atoms with Crippen LogP contribution in [0, 0.1) is 0 Å². The molecule has 1 saturated heterocycles. The summed E-state index contributed by atoms with van der Waals surface area (Å²) in [7, 11) is 3.83. The molecule has 0 aliphatic carbocycles. The first kappa shape index (κ1) is 19.4. The number of likely N-dealkylation sites (N-methyl/N-ethyl adjacent to an activating group) is 1. The molecule has 2 aromatic rings. The number of nitrogens with zero attached hydrogens (tertiary/aromatic N) is 1. The largest absolute Gasteiger partial charge is 0.497 e. The van der Waals surface area contributed by atoms with Crippen LogP contribution in [-0.4, -0.2) is 36.8 Å². The highest BCUT2D eigenvalue weighted by atomic mass is 16.6. The van der Waals surface area contributed by atoms with Gasteiger partial charge in [-0.1, -0.05) is 30.3 Å². The summed E-state index contributed by atoms with van der Waals surface area (Å²) >= 11 is 0. The SMILES string of the molecule is COc1ccc(C[N+]2(C)CCC2(C(=O)OC(C)(C)C)c2ccccc2)cc1. The Morgan fingerprint density at radius 1 is 1.07 bits per heavy atom. The van der Waals surface area contributed by atoms with Gasteiger partial charge in [-0.3, -0.25) is 0 Å². The van der Waals surface area contributed by atoms with Crippen molar-refractivity contribution < 1.29 is 18.8 Å². The lowest BCUT2D eigenvalue weighted by Gasteiger charge is -2.57. The van der Waals surface area contributed by atoms with Crippen molar-refractivity contribution in [3.8, 4) is 5.75 Å². The van der Waals surface area contributed by atoms with Gasteiger partial charge in [-0.25, -0.2) is 4.79 Å². The normalized spacial score (nSPS) is 24.8. The Bertz CT molecular complexity index is 795. The van der Waals surface area contributed by atoms with E-state index in [-0.39, 0.29) is 5.97 Å². The van der Waals surface area contributed by atoms with Crippen LogP contribution in [0.4, 0.5) is 0 Å². The van der Waals surface area contributed by atoms with Crippen molar-refractivity contribution in [1.82, 2.24) is 0 Å². The Morgan fingerprint density at radius 2 is 1.70 bits per heavy atom. The zero-order chi connectivity index (χ0) is 19.7. The number of likely N-dealkylation sites (tertiary alicyclic amines) is 1. The zero-order valence-electron chi connectivity index (χ0n) is 17.0. The maximum Gasteiger partial charge on any atom is 0.373 e.